The number of ether oxygens (including phenoxy) is 1. The molecule has 0 saturated carbocycles. The first-order valence-corrected chi connectivity index (χ1v) is 11.4. The van der Waals surface area contributed by atoms with Crippen LogP contribution in [-0.2, 0) is 13.2 Å². The highest BCUT2D eigenvalue weighted by atomic mass is 127. The maximum absolute atomic E-state index is 12.8. The summed E-state index contributed by atoms with van der Waals surface area (Å²) in [4.78, 5) is 14.4. The molecule has 1 heterocycles. The van der Waals surface area contributed by atoms with Crippen molar-refractivity contribution in [2.75, 3.05) is 11.9 Å². The van der Waals surface area contributed by atoms with Crippen LogP contribution in [0.1, 0.15) is 27.2 Å². The predicted molar refractivity (Wildman–Crippen MR) is 135 cm³/mol. The summed E-state index contributed by atoms with van der Waals surface area (Å²) < 4.78 is 9.17. The molecule has 0 aliphatic rings. The van der Waals surface area contributed by atoms with Crippen LogP contribution >= 0.6 is 22.6 Å². The predicted octanol–water partition coefficient (Wildman–Crippen LogP) is 5.70. The second kappa shape index (κ2) is 9.99. The number of rotatable bonds is 7. The van der Waals surface area contributed by atoms with Gasteiger partial charge in [-0.2, -0.15) is 5.10 Å². The highest BCUT2D eigenvalue weighted by molar-refractivity contribution is 14.1. The van der Waals surface area contributed by atoms with E-state index in [1.54, 1.807) is 11.9 Å². The first-order chi connectivity index (χ1) is 15.5. The van der Waals surface area contributed by atoms with Crippen molar-refractivity contribution in [1.29, 1.82) is 0 Å². The average Bonchev–Trinajstić information content (AvgIpc) is 3.19. The van der Waals surface area contributed by atoms with E-state index in [9.17, 15) is 4.79 Å². The molecule has 0 fully saturated rings. The van der Waals surface area contributed by atoms with Gasteiger partial charge >= 0.3 is 0 Å². The molecular formula is C26H24IN3O2. The second-order valence-electron chi connectivity index (χ2n) is 7.56. The van der Waals surface area contributed by atoms with Crippen molar-refractivity contribution in [3.8, 4) is 5.75 Å². The van der Waals surface area contributed by atoms with Crippen LogP contribution in [0, 0.1) is 10.5 Å². The van der Waals surface area contributed by atoms with Gasteiger partial charge in [-0.3, -0.25) is 14.4 Å². The van der Waals surface area contributed by atoms with Crippen LogP contribution in [0.15, 0.2) is 84.9 Å². The molecule has 0 unspecified atom stereocenters. The molecule has 162 valence electrons. The summed E-state index contributed by atoms with van der Waals surface area (Å²) in [5.41, 5.74) is 3.77. The van der Waals surface area contributed by atoms with Gasteiger partial charge in [0.2, 0.25) is 0 Å². The molecule has 0 atom stereocenters. The fourth-order valence-corrected chi connectivity index (χ4v) is 3.96. The van der Waals surface area contributed by atoms with Gasteiger partial charge in [-0.1, -0.05) is 48.5 Å². The Balaban J connectivity index is 1.54. The Morgan fingerprint density at radius 1 is 1.00 bits per heavy atom. The van der Waals surface area contributed by atoms with Crippen molar-refractivity contribution in [3.63, 3.8) is 0 Å². The number of benzene rings is 3. The molecule has 5 nitrogen and oxygen atoms in total. The number of aryl methyl sites for hydroxylation is 1. The van der Waals surface area contributed by atoms with Gasteiger partial charge in [0.05, 0.1) is 6.54 Å². The summed E-state index contributed by atoms with van der Waals surface area (Å²) in [7, 11) is 1.75. The van der Waals surface area contributed by atoms with Crippen molar-refractivity contribution in [2.45, 2.75) is 20.1 Å². The lowest BCUT2D eigenvalue weighted by Gasteiger charge is -2.15. The summed E-state index contributed by atoms with van der Waals surface area (Å²) in [6, 6.07) is 27.4. The van der Waals surface area contributed by atoms with E-state index < -0.39 is 0 Å². The molecule has 0 radical (unpaired) electrons. The van der Waals surface area contributed by atoms with Crippen LogP contribution in [-0.4, -0.2) is 22.7 Å². The largest absolute Gasteiger partial charge is 0.489 e. The lowest BCUT2D eigenvalue weighted by atomic mass is 10.2. The zero-order valence-corrected chi connectivity index (χ0v) is 20.2. The van der Waals surface area contributed by atoms with Crippen LogP contribution in [0.4, 0.5) is 5.82 Å². The molecule has 1 amide bonds. The molecule has 0 bridgehead atoms. The Bertz CT molecular complexity index is 1210. The number of carbonyl (C=O) groups is 1. The zero-order valence-electron chi connectivity index (χ0n) is 18.0. The van der Waals surface area contributed by atoms with E-state index >= 15 is 0 Å². The highest BCUT2D eigenvalue weighted by Crippen LogP contribution is 2.25. The van der Waals surface area contributed by atoms with Crippen LogP contribution < -0.4 is 9.64 Å². The SMILES string of the molecule is Cc1cc(N(C)C(=O)c2ccccc2)nn1Cc1cc(I)ccc1OCc1ccccc1. The third-order valence-electron chi connectivity index (χ3n) is 5.22. The van der Waals surface area contributed by atoms with Crippen LogP contribution in [0.3, 0.4) is 0 Å². The fraction of sp³-hybridized carbons (Fsp3) is 0.154. The Labute approximate surface area is 201 Å². The van der Waals surface area contributed by atoms with E-state index in [1.165, 1.54) is 0 Å². The van der Waals surface area contributed by atoms with Crippen LogP contribution in [0.2, 0.25) is 0 Å². The van der Waals surface area contributed by atoms with E-state index in [-0.39, 0.29) is 5.91 Å². The molecule has 0 aliphatic carbocycles. The lowest BCUT2D eigenvalue weighted by molar-refractivity contribution is 0.0992. The molecule has 4 rings (SSSR count). The van der Waals surface area contributed by atoms with Gasteiger partial charge in [0.1, 0.15) is 12.4 Å². The Morgan fingerprint density at radius 3 is 2.41 bits per heavy atom. The van der Waals surface area contributed by atoms with E-state index in [1.807, 2.05) is 78.3 Å². The van der Waals surface area contributed by atoms with Gasteiger partial charge in [0.25, 0.3) is 5.91 Å². The third-order valence-corrected chi connectivity index (χ3v) is 5.89. The minimum Gasteiger partial charge on any atom is -0.489 e. The smallest absolute Gasteiger partial charge is 0.259 e. The Morgan fingerprint density at radius 2 is 1.69 bits per heavy atom. The van der Waals surface area contributed by atoms with Crippen molar-refractivity contribution in [2.24, 2.45) is 0 Å². The number of amides is 1. The number of hydrogen-bond acceptors (Lipinski definition) is 3. The number of nitrogens with zero attached hydrogens (tertiary/aromatic N) is 3. The van der Waals surface area contributed by atoms with E-state index in [2.05, 4.69) is 40.8 Å². The van der Waals surface area contributed by atoms with Gasteiger partial charge in [0, 0.05) is 33.5 Å². The minimum atomic E-state index is -0.0867. The third kappa shape index (κ3) is 5.19. The van der Waals surface area contributed by atoms with Gasteiger partial charge in [-0.05, 0) is 65.4 Å². The number of carbonyl (C=O) groups excluding carboxylic acids is 1. The number of anilines is 1. The molecule has 6 heteroatoms. The Hall–Kier alpha value is -3.13. The summed E-state index contributed by atoms with van der Waals surface area (Å²) in [6.45, 7) is 3.06. The monoisotopic (exact) mass is 537 g/mol. The first kappa shape index (κ1) is 22.1. The number of aromatic nitrogens is 2. The molecular weight excluding hydrogens is 513 g/mol. The summed E-state index contributed by atoms with van der Waals surface area (Å²) in [6.07, 6.45) is 0. The van der Waals surface area contributed by atoms with Crippen LogP contribution in [0.25, 0.3) is 0 Å². The highest BCUT2D eigenvalue weighted by Gasteiger charge is 2.17. The van der Waals surface area contributed by atoms with E-state index in [4.69, 9.17) is 9.84 Å². The standard InChI is InChI=1S/C26H24IN3O2/c1-19-15-25(29(2)26(31)21-11-7-4-8-12-21)28-30(19)17-22-16-23(27)13-14-24(22)32-18-20-9-5-3-6-10-20/h3-16H,17-18H2,1-2H3. The molecule has 0 N–H and O–H groups in total. The van der Waals surface area contributed by atoms with Gasteiger partial charge < -0.3 is 4.74 Å². The molecule has 0 saturated heterocycles. The normalized spacial score (nSPS) is 10.7. The first-order valence-electron chi connectivity index (χ1n) is 10.3. The fourth-order valence-electron chi connectivity index (χ4n) is 3.40. The van der Waals surface area contributed by atoms with Crippen molar-refractivity contribution in [1.82, 2.24) is 9.78 Å². The van der Waals surface area contributed by atoms with Crippen molar-refractivity contribution in [3.05, 3.63) is 111 Å². The average molecular weight is 537 g/mol. The number of halogens is 1. The molecule has 1 aromatic heterocycles. The Kier molecular flexibility index (Phi) is 6.90. The van der Waals surface area contributed by atoms with Crippen molar-refractivity contribution >= 4 is 34.3 Å². The second-order valence-corrected chi connectivity index (χ2v) is 8.80. The molecule has 32 heavy (non-hydrogen) atoms. The van der Waals surface area contributed by atoms with Crippen molar-refractivity contribution < 1.29 is 9.53 Å². The molecule has 0 aliphatic heterocycles. The van der Waals surface area contributed by atoms with Gasteiger partial charge in [-0.25, -0.2) is 0 Å². The van der Waals surface area contributed by atoms with Gasteiger partial charge in [0.15, 0.2) is 5.82 Å². The van der Waals surface area contributed by atoms with E-state index in [0.717, 1.165) is 26.1 Å². The maximum Gasteiger partial charge on any atom is 0.259 e. The lowest BCUT2D eigenvalue weighted by Crippen LogP contribution is -2.26. The summed E-state index contributed by atoms with van der Waals surface area (Å²) in [5.74, 6) is 1.37. The van der Waals surface area contributed by atoms with E-state index in [0.29, 0.717) is 24.5 Å². The number of hydrogen-bond donors (Lipinski definition) is 0. The molecule has 0 spiro atoms. The van der Waals surface area contributed by atoms with Crippen LogP contribution in [0.5, 0.6) is 5.75 Å². The molecule has 4 aromatic rings. The summed E-state index contributed by atoms with van der Waals surface area (Å²) in [5, 5.41) is 4.70. The zero-order chi connectivity index (χ0) is 22.5. The maximum atomic E-state index is 12.8. The van der Waals surface area contributed by atoms with Gasteiger partial charge in [-0.15, -0.1) is 0 Å². The quantitative estimate of drug-likeness (QED) is 0.284. The summed E-state index contributed by atoms with van der Waals surface area (Å²) >= 11 is 2.31. The minimum absolute atomic E-state index is 0.0867. The molecule has 3 aromatic carbocycles. The topological polar surface area (TPSA) is 47.4 Å².